The summed E-state index contributed by atoms with van der Waals surface area (Å²) in [5.74, 6) is 0. The van der Waals surface area contributed by atoms with Crippen molar-refractivity contribution in [3.05, 3.63) is 42.6 Å². The number of fused-ring (bicyclic) bond motifs is 8. The number of nitrogens with zero attached hydrogens (tertiary/aromatic N) is 5. The number of aromatic nitrogens is 5. The molecule has 0 aliphatic carbocycles. The van der Waals surface area contributed by atoms with Gasteiger partial charge in [-0.05, 0) is 28.6 Å². The molecule has 0 radical (unpaired) electrons. The quantitative estimate of drug-likeness (QED) is 0.432. The molecule has 4 heterocycles. The van der Waals surface area contributed by atoms with Gasteiger partial charge in [0.15, 0.2) is 0 Å². The van der Waals surface area contributed by atoms with Gasteiger partial charge in [0.1, 0.15) is 4.83 Å². The lowest BCUT2D eigenvalue weighted by Gasteiger charge is -2.00. The van der Waals surface area contributed by atoms with Crippen LogP contribution >= 0.6 is 11.3 Å². The summed E-state index contributed by atoms with van der Waals surface area (Å²) in [5.41, 5.74) is 2.99. The minimum absolute atomic E-state index is 0.795. The van der Waals surface area contributed by atoms with Crippen LogP contribution in [0.2, 0.25) is 0 Å². The molecule has 0 amide bonds. The van der Waals surface area contributed by atoms with Gasteiger partial charge in [-0.3, -0.25) is 0 Å². The lowest BCUT2D eigenvalue weighted by Crippen LogP contribution is -1.94. The van der Waals surface area contributed by atoms with Gasteiger partial charge < -0.3 is 4.40 Å². The minimum Gasteiger partial charge on any atom is -0.310 e. The largest absolute Gasteiger partial charge is 0.310 e. The topological polar surface area (TPSA) is 47.5 Å². The smallest absolute Gasteiger partial charge is 0.204 e. The Morgan fingerprint density at radius 1 is 1.05 bits per heavy atom. The third-order valence-electron chi connectivity index (χ3n) is 3.43. The second kappa shape index (κ2) is 3.10. The summed E-state index contributed by atoms with van der Waals surface area (Å²) in [6.07, 6.45) is 2.06. The highest BCUT2D eigenvalue weighted by Gasteiger charge is 2.15. The summed E-state index contributed by atoms with van der Waals surface area (Å²) < 4.78 is 5.24. The first kappa shape index (κ1) is 9.46. The lowest BCUT2D eigenvalue weighted by molar-refractivity contribution is 0.844. The molecule has 0 aliphatic heterocycles. The molecule has 0 aliphatic rings. The Hall–Kier alpha value is -2.47. The molecule has 0 saturated carbocycles. The average Bonchev–Trinajstić information content (AvgIpc) is 3.14. The summed E-state index contributed by atoms with van der Waals surface area (Å²) in [5, 5.41) is 13.3. The van der Waals surface area contributed by atoms with E-state index in [4.69, 9.17) is 0 Å². The molecular formula is C13H7N5S. The lowest BCUT2D eigenvalue weighted by atomic mass is 10.2. The third kappa shape index (κ3) is 1.03. The van der Waals surface area contributed by atoms with Crippen LogP contribution in [0.1, 0.15) is 0 Å². The second-order valence-corrected chi connectivity index (χ2v) is 5.46. The fraction of sp³-hybridized carbons (Fsp3) is 0. The van der Waals surface area contributed by atoms with Crippen LogP contribution in [0.3, 0.4) is 0 Å². The van der Waals surface area contributed by atoms with E-state index < -0.39 is 0 Å². The molecule has 4 aromatic heterocycles. The molecule has 0 unspecified atom stereocenters. The zero-order valence-electron chi connectivity index (χ0n) is 9.69. The standard InChI is InChI=1S/C13H7N5S/c1-2-6-10-8(4-1)11-13(19-10)18-12(14-15-16-18)9-5-3-7-17(9)11/h1-7H. The van der Waals surface area contributed by atoms with Gasteiger partial charge in [-0.2, -0.15) is 4.52 Å². The van der Waals surface area contributed by atoms with Gasteiger partial charge in [0.2, 0.25) is 5.65 Å². The van der Waals surface area contributed by atoms with Crippen molar-refractivity contribution < 1.29 is 0 Å². The van der Waals surface area contributed by atoms with Gasteiger partial charge in [0.25, 0.3) is 0 Å². The van der Waals surface area contributed by atoms with E-state index in [-0.39, 0.29) is 0 Å². The summed E-state index contributed by atoms with van der Waals surface area (Å²) >= 11 is 1.71. The van der Waals surface area contributed by atoms with E-state index in [0.29, 0.717) is 0 Å². The highest BCUT2D eigenvalue weighted by molar-refractivity contribution is 7.25. The minimum atomic E-state index is 0.795. The molecular weight excluding hydrogens is 258 g/mol. The van der Waals surface area contributed by atoms with E-state index in [9.17, 15) is 0 Å². The molecule has 0 bridgehead atoms. The first-order chi connectivity index (χ1) is 9.43. The SMILES string of the molecule is c1ccc2c(c1)sc1c2n2cccc2c2nnnn21. The summed E-state index contributed by atoms with van der Waals surface area (Å²) in [4.78, 5) is 1.07. The van der Waals surface area contributed by atoms with E-state index in [1.165, 1.54) is 15.6 Å². The van der Waals surface area contributed by atoms with Crippen molar-refractivity contribution in [2.75, 3.05) is 0 Å². The van der Waals surface area contributed by atoms with E-state index in [0.717, 1.165) is 16.0 Å². The van der Waals surface area contributed by atoms with Crippen molar-refractivity contribution in [2.24, 2.45) is 0 Å². The molecule has 0 saturated heterocycles. The number of hydrogen-bond acceptors (Lipinski definition) is 4. The molecule has 0 atom stereocenters. The number of hydrogen-bond donors (Lipinski definition) is 0. The second-order valence-electron chi connectivity index (χ2n) is 4.43. The van der Waals surface area contributed by atoms with Crippen molar-refractivity contribution in [3.63, 3.8) is 0 Å². The summed E-state index contributed by atoms with van der Waals surface area (Å²) in [7, 11) is 0. The predicted molar refractivity (Wildman–Crippen MR) is 74.6 cm³/mol. The van der Waals surface area contributed by atoms with Gasteiger partial charge in [-0.25, -0.2) is 0 Å². The Morgan fingerprint density at radius 2 is 2.00 bits per heavy atom. The van der Waals surface area contributed by atoms with Crippen molar-refractivity contribution in [1.82, 2.24) is 24.4 Å². The van der Waals surface area contributed by atoms with E-state index in [1.807, 2.05) is 16.6 Å². The number of rotatable bonds is 0. The fourth-order valence-electron chi connectivity index (χ4n) is 2.64. The first-order valence-electron chi connectivity index (χ1n) is 5.92. The molecule has 90 valence electrons. The number of benzene rings is 1. The van der Waals surface area contributed by atoms with Crippen molar-refractivity contribution >= 4 is 42.9 Å². The average molecular weight is 265 g/mol. The predicted octanol–water partition coefficient (Wildman–Crippen LogP) is 2.74. The Kier molecular flexibility index (Phi) is 1.54. The highest BCUT2D eigenvalue weighted by Crippen LogP contribution is 2.34. The van der Waals surface area contributed by atoms with Gasteiger partial charge in [-0.1, -0.05) is 18.2 Å². The monoisotopic (exact) mass is 265 g/mol. The molecule has 19 heavy (non-hydrogen) atoms. The molecule has 0 spiro atoms. The first-order valence-corrected chi connectivity index (χ1v) is 6.73. The van der Waals surface area contributed by atoms with Gasteiger partial charge >= 0.3 is 0 Å². The van der Waals surface area contributed by atoms with Crippen LogP contribution in [-0.2, 0) is 0 Å². The third-order valence-corrected chi connectivity index (χ3v) is 4.57. The highest BCUT2D eigenvalue weighted by atomic mass is 32.1. The molecule has 6 heteroatoms. The van der Waals surface area contributed by atoms with Gasteiger partial charge in [-0.15, -0.1) is 16.4 Å². The van der Waals surface area contributed by atoms with E-state index in [2.05, 4.69) is 50.4 Å². The number of tetrazole rings is 1. The van der Waals surface area contributed by atoms with Crippen LogP contribution < -0.4 is 0 Å². The van der Waals surface area contributed by atoms with E-state index in [1.54, 1.807) is 11.3 Å². The fourth-order valence-corrected chi connectivity index (χ4v) is 3.78. The van der Waals surface area contributed by atoms with Gasteiger partial charge in [0.05, 0.1) is 11.0 Å². The maximum absolute atomic E-state index is 4.13. The van der Waals surface area contributed by atoms with Crippen molar-refractivity contribution in [1.29, 1.82) is 0 Å². The molecule has 5 nitrogen and oxygen atoms in total. The molecule has 0 fully saturated rings. The van der Waals surface area contributed by atoms with Crippen LogP contribution in [0, 0.1) is 0 Å². The van der Waals surface area contributed by atoms with Crippen LogP contribution in [0.15, 0.2) is 42.6 Å². The van der Waals surface area contributed by atoms with Crippen LogP contribution in [0.4, 0.5) is 0 Å². The number of thiophene rings is 1. The zero-order valence-corrected chi connectivity index (χ0v) is 10.5. The maximum Gasteiger partial charge on any atom is 0.204 e. The molecule has 5 aromatic rings. The maximum atomic E-state index is 4.13. The van der Waals surface area contributed by atoms with E-state index >= 15 is 0 Å². The molecule has 5 rings (SSSR count). The Bertz CT molecular complexity index is 1070. The molecule has 1 aromatic carbocycles. The van der Waals surface area contributed by atoms with Crippen LogP contribution in [-0.4, -0.2) is 24.4 Å². The summed E-state index contributed by atoms with van der Waals surface area (Å²) in [6.45, 7) is 0. The molecule has 0 N–H and O–H groups in total. The van der Waals surface area contributed by atoms with Gasteiger partial charge in [0, 0.05) is 16.3 Å². The summed E-state index contributed by atoms with van der Waals surface area (Å²) in [6, 6.07) is 12.5. The normalized spacial score (nSPS) is 12.2. The Morgan fingerprint density at radius 3 is 3.00 bits per heavy atom. The Labute approximate surface area is 110 Å². The van der Waals surface area contributed by atoms with Crippen LogP contribution in [0.25, 0.3) is 31.6 Å². The zero-order chi connectivity index (χ0) is 12.4. The van der Waals surface area contributed by atoms with Crippen LogP contribution in [0.5, 0.6) is 0 Å². The Balaban J connectivity index is 2.29. The van der Waals surface area contributed by atoms with Crippen molar-refractivity contribution in [2.45, 2.75) is 0 Å². The van der Waals surface area contributed by atoms with Crippen molar-refractivity contribution in [3.8, 4) is 0 Å².